The predicted octanol–water partition coefficient (Wildman–Crippen LogP) is 9.03. The number of nitrogens with zero attached hydrogens (tertiary/aromatic N) is 12. The number of H-pyrrole nitrogens is 1. The van der Waals surface area contributed by atoms with Crippen molar-refractivity contribution >= 4 is 155 Å². The molecule has 13 rings (SSSR count). The molecule has 1 aliphatic rings. The fourth-order valence-electron chi connectivity index (χ4n) is 10.3. The maximum Gasteiger partial charge on any atom is 0.339 e. The molecule has 1 atom stereocenters. The van der Waals surface area contributed by atoms with E-state index in [0.29, 0.717) is 17.2 Å². The minimum absolute atomic E-state index is 0.000370. The number of rotatable bonds is 13. The van der Waals surface area contributed by atoms with Gasteiger partial charge in [0.15, 0.2) is 34.6 Å². The molecule has 0 aliphatic carbocycles. The Morgan fingerprint density at radius 1 is 0.584 bits per heavy atom. The normalized spacial score (nSPS) is 11.7. The van der Waals surface area contributed by atoms with Crippen LogP contribution in [0.5, 0.6) is 11.5 Å². The van der Waals surface area contributed by atoms with E-state index in [4.69, 9.17) is 25.3 Å². The van der Waals surface area contributed by atoms with E-state index in [1.165, 1.54) is 161 Å². The lowest BCUT2D eigenvalue weighted by Gasteiger charge is -2.26. The zero-order chi connectivity index (χ0) is 93.8. The largest absolute Gasteiger partial charge is 0.497 e. The van der Waals surface area contributed by atoms with Gasteiger partial charge in [0.25, 0.3) is 48.0 Å². The summed E-state index contributed by atoms with van der Waals surface area (Å²) in [5, 5.41) is 8.59. The Morgan fingerprint density at radius 2 is 1.06 bits per heavy atom. The molecule has 6 N–H and O–H groups in total. The van der Waals surface area contributed by atoms with E-state index in [9.17, 15) is 78.4 Å². The highest BCUT2D eigenvalue weighted by atomic mass is 127. The minimum Gasteiger partial charge on any atom is -0.497 e. The van der Waals surface area contributed by atoms with E-state index >= 15 is 0 Å². The number of fused-ring (bicyclic) bond motifs is 3. The van der Waals surface area contributed by atoms with Crippen LogP contribution in [0.2, 0.25) is 0 Å². The van der Waals surface area contributed by atoms with E-state index in [0.717, 1.165) is 24.0 Å². The number of aryl methyl sites for hydroxylation is 8. The van der Waals surface area contributed by atoms with Crippen molar-refractivity contribution in [3.05, 3.63) is 278 Å². The van der Waals surface area contributed by atoms with Crippen LogP contribution in [0.4, 0.5) is 43.3 Å². The number of anilines is 6. The van der Waals surface area contributed by atoms with Crippen LogP contribution >= 0.6 is 55.9 Å². The van der Waals surface area contributed by atoms with Crippen molar-refractivity contribution in [1.29, 1.82) is 0 Å². The van der Waals surface area contributed by atoms with Crippen molar-refractivity contribution in [3.63, 3.8) is 0 Å². The molecule has 125 heavy (non-hydrogen) atoms. The first kappa shape index (κ1) is 103. The summed E-state index contributed by atoms with van der Waals surface area (Å²) in [5.74, 6) is -2.34. The number of hydrogen-bond acceptors (Lipinski definition) is 28. The molecule has 0 bridgehead atoms. The van der Waals surface area contributed by atoms with Gasteiger partial charge >= 0.3 is 22.1 Å². The van der Waals surface area contributed by atoms with Crippen molar-refractivity contribution in [2.45, 2.75) is 65.2 Å². The van der Waals surface area contributed by atoms with Gasteiger partial charge in [0.1, 0.15) is 50.3 Å². The molecule has 0 fully saturated rings. The number of methoxy groups -OCH3 is 1. The molecule has 5 aromatic carbocycles. The molecule has 12 aromatic rings. The predicted molar refractivity (Wildman–Crippen MR) is 488 cm³/mol. The number of aromatic nitrogens is 12. The van der Waals surface area contributed by atoms with Gasteiger partial charge < -0.3 is 63.3 Å². The number of para-hydroxylation sites is 1. The van der Waals surface area contributed by atoms with Gasteiger partial charge in [-0.3, -0.25) is 66.8 Å². The molecule has 0 spiro atoms. The third kappa shape index (κ3) is 28.4. The number of carbonyl (C=O) groups is 4. The van der Waals surface area contributed by atoms with Crippen LogP contribution < -0.4 is 74.4 Å². The molecule has 1 aliphatic heterocycles. The van der Waals surface area contributed by atoms with Crippen LogP contribution in [-0.4, -0.2) is 139 Å². The summed E-state index contributed by atoms with van der Waals surface area (Å²) in [6.45, 7) is 13.6. The topological polar surface area (TPSA) is 468 Å². The van der Waals surface area contributed by atoms with Gasteiger partial charge in [0.05, 0.1) is 85.4 Å². The molecule has 7 aromatic heterocycles. The van der Waals surface area contributed by atoms with Crippen LogP contribution in [0.25, 0.3) is 22.1 Å². The summed E-state index contributed by atoms with van der Waals surface area (Å²) in [6.07, 6.45) is 6.75. The van der Waals surface area contributed by atoms with Gasteiger partial charge in [-0.1, -0.05) is 53.6 Å². The molecule has 1 amide bonds. The standard InChI is InChI=1S/C17H17N3O5S.C16H14FIN4O2.C10H11N3O3.C8H14O4.C7H7ClO2S.C7H8O.C6H5FIN.C6H9N3O.C5H7N3O/c1-10-5-7-12(8-6-10)26(23,24)25-14-11(2)16(21)20(4)15-13(14)17(22)19(3)9-18-15;1-8-13(20-11-5-4-9(18)6-10(11)17)12-14(22(3)15(8)23)19-7-21(2)16(12)24;1-5-7(14)6-8(13(3)9(5)15)11-4-12(2)10(6)16;1-4-11-7(9)6(3)8(10)12-5-2;1-6-2-4-7(5-3-6)11(8,9)10;1-8-7-5-3-2-4-6-7;7-5-3-4(8)1-2-6(5)9;1-7-5-3-6(10)9(2)4-8-5;1-6-4-2-5(9)8-3-7-4/h5-9H,1-4H3;4-7,20H,1-3H3;4-5H,1-3H3;6H,4-5H2,1-3H3;2-5H,1H3;2-6H,1H3;1-3H,9H2;3-4,7H,1-2H3;2-3H,1H3,(H2,6,7,8,9). The monoisotopic (exact) mass is 2010 g/mol. The molecule has 36 nitrogen and oxygen atoms in total. The van der Waals surface area contributed by atoms with Gasteiger partial charge in [-0.15, -0.1) is 0 Å². The van der Waals surface area contributed by atoms with Crippen LogP contribution in [0, 0.1) is 58.3 Å². The van der Waals surface area contributed by atoms with E-state index < -0.39 is 71.2 Å². The number of esters is 2. The Morgan fingerprint density at radius 3 is 1.52 bits per heavy atom. The molecule has 0 saturated heterocycles. The number of carbonyl (C=O) groups excluding carboxylic acids is 4. The Bertz CT molecular complexity index is 6560. The SMILES string of the molecule is CC1C(=O)c2c(ncn(C)c2=O)N(C)C1=O.CCOC(=O)C(C)C(=O)OCC.CNc1cc(=O)[nH]cn1.CNc1cc(=O)n(C)cn1.COc1ccccc1.Cc1c(Nc2ccc(I)cc2F)c2c(=O)n(C)cnc2n(C)c1=O.Cc1ccc(S(=O)(=O)Cl)cc1.Cc1ccc(S(=O)(=O)Oc2c(C)c(=O)n(C)c3ncn(C)c(=O)c23)cc1.Nc1ccc(I)cc1F. The quantitative estimate of drug-likeness (QED) is 0.0179. The molecular weight excluding hydrogens is 1920 g/mol. The average Bonchev–Trinajstić information content (AvgIpc) is 0.759. The molecule has 8 heterocycles. The summed E-state index contributed by atoms with van der Waals surface area (Å²) >= 11 is 4.04. The number of amides is 1. The second-order valence-electron chi connectivity index (χ2n) is 26.5. The zero-order valence-electron chi connectivity index (χ0n) is 71.0. The number of nitrogens with two attached hydrogens (primary N) is 1. The average molecular weight is 2010 g/mol. The fraction of sp³-hybridized carbons (Fsp3) is 0.268. The summed E-state index contributed by atoms with van der Waals surface area (Å²) in [5.41, 5.74) is 6.20. The first-order valence-corrected chi connectivity index (χ1v) is 42.9. The first-order valence-electron chi connectivity index (χ1n) is 37.0. The van der Waals surface area contributed by atoms with Gasteiger partial charge in [0.2, 0.25) is 5.91 Å². The molecule has 43 heteroatoms. The third-order valence-corrected chi connectivity index (χ3v) is 21.4. The maximum absolute atomic E-state index is 14.2. The van der Waals surface area contributed by atoms with E-state index in [2.05, 4.69) is 55.3 Å². The second-order valence-corrected chi connectivity index (χ2v) is 33.1. The summed E-state index contributed by atoms with van der Waals surface area (Å²) in [4.78, 5) is 152. The lowest BCUT2D eigenvalue weighted by atomic mass is 9.95. The highest BCUT2D eigenvalue weighted by Gasteiger charge is 2.38. The van der Waals surface area contributed by atoms with Crippen molar-refractivity contribution in [1.82, 2.24) is 57.3 Å². The van der Waals surface area contributed by atoms with Gasteiger partial charge in [-0.25, -0.2) is 42.1 Å². The second kappa shape index (κ2) is 47.2. The Hall–Kier alpha value is -12.7. The first-order chi connectivity index (χ1) is 58.7. The highest BCUT2D eigenvalue weighted by Crippen LogP contribution is 2.30. The number of Topliss-reactive ketones (excluding diaryl/α,β-unsaturated/α-hetero) is 1. The van der Waals surface area contributed by atoms with Crippen molar-refractivity contribution in [2.24, 2.45) is 54.1 Å². The van der Waals surface area contributed by atoms with Crippen LogP contribution in [0.3, 0.4) is 0 Å². The lowest BCUT2D eigenvalue weighted by Crippen LogP contribution is -2.45. The molecule has 1 unspecified atom stereocenters. The van der Waals surface area contributed by atoms with Crippen LogP contribution in [0.15, 0.2) is 202 Å². The van der Waals surface area contributed by atoms with Crippen molar-refractivity contribution < 1.29 is 63.2 Å². The Kier molecular flexibility index (Phi) is 38.9. The number of ether oxygens (including phenoxy) is 3. The molecule has 0 radical (unpaired) electrons. The van der Waals surface area contributed by atoms with Crippen molar-refractivity contribution in [3.8, 4) is 11.5 Å². The molecular formula is C82H92ClF2I2N17O19S2. The van der Waals surface area contributed by atoms with E-state index in [1.807, 2.05) is 89.4 Å². The summed E-state index contributed by atoms with van der Waals surface area (Å²) in [7, 11) is 13.2. The third-order valence-electron chi connectivity index (χ3n) is 17.5. The minimum atomic E-state index is -4.23. The maximum atomic E-state index is 14.2. The Labute approximate surface area is 747 Å². The number of ketones is 1. The summed E-state index contributed by atoms with van der Waals surface area (Å²) in [6, 6.07) is 34.3. The van der Waals surface area contributed by atoms with E-state index in [-0.39, 0.29) is 119 Å². The number of aromatic amines is 1. The number of hydrogen-bond donors (Lipinski definition) is 5. The lowest BCUT2D eigenvalue weighted by molar-refractivity contribution is -0.160. The van der Waals surface area contributed by atoms with Gasteiger partial charge in [0, 0.05) is 98.9 Å². The van der Waals surface area contributed by atoms with Gasteiger partial charge in [-0.05, 0) is 173 Å². The van der Waals surface area contributed by atoms with Crippen molar-refractivity contribution in [2.75, 3.05) is 68.1 Å². The van der Waals surface area contributed by atoms with Gasteiger partial charge in [-0.2, -0.15) is 8.42 Å². The zero-order valence-corrected chi connectivity index (χ0v) is 77.7. The fourth-order valence-corrected chi connectivity index (χ4v) is 13.0. The summed E-state index contributed by atoms with van der Waals surface area (Å²) < 4.78 is 102. The molecule has 0 saturated carbocycles. The smallest absolute Gasteiger partial charge is 0.339 e. The number of benzene rings is 5. The number of halogens is 5. The van der Waals surface area contributed by atoms with Crippen LogP contribution in [0.1, 0.15) is 60.3 Å². The Balaban J connectivity index is 0.000000258. The molecule has 666 valence electrons. The number of nitrogen functional groups attached to an aromatic ring is 1. The highest BCUT2D eigenvalue weighted by molar-refractivity contribution is 14.1. The van der Waals surface area contributed by atoms with E-state index in [1.54, 1.807) is 112 Å². The number of pyridine rings is 2. The van der Waals surface area contributed by atoms with Crippen LogP contribution in [-0.2, 0) is 85.3 Å². The number of nitrogens with one attached hydrogen (secondary N) is 4.